The van der Waals surface area contributed by atoms with Crippen LogP contribution in [0.4, 0.5) is 5.69 Å². The lowest BCUT2D eigenvalue weighted by Gasteiger charge is -2.20. The number of benzene rings is 1. The van der Waals surface area contributed by atoms with Crippen molar-refractivity contribution in [1.29, 1.82) is 0 Å². The maximum atomic E-state index is 11.9. The molecular formula is C12H13NO2. The van der Waals surface area contributed by atoms with E-state index < -0.39 is 0 Å². The van der Waals surface area contributed by atoms with Crippen LogP contribution in [0.2, 0.25) is 0 Å². The Morgan fingerprint density at radius 1 is 1.40 bits per heavy atom. The van der Waals surface area contributed by atoms with E-state index in [4.69, 9.17) is 4.74 Å². The third-order valence-corrected chi connectivity index (χ3v) is 3.30. The van der Waals surface area contributed by atoms with Crippen LogP contribution in [0.25, 0.3) is 0 Å². The normalized spacial score (nSPS) is 27.8. The number of amides is 1. The molecule has 1 aliphatic carbocycles. The molecule has 2 aliphatic rings. The summed E-state index contributed by atoms with van der Waals surface area (Å²) < 4.78 is 5.26. The predicted molar refractivity (Wildman–Crippen MR) is 56.9 cm³/mol. The summed E-state index contributed by atoms with van der Waals surface area (Å²) in [6, 6.07) is 7.70. The molecule has 2 unspecified atom stereocenters. The number of piperidine rings is 1. The second-order valence-electron chi connectivity index (χ2n) is 4.22. The Kier molecular flexibility index (Phi) is 1.75. The first-order chi connectivity index (χ1) is 7.31. The van der Waals surface area contributed by atoms with Crippen LogP contribution >= 0.6 is 0 Å². The molecule has 0 spiro atoms. The van der Waals surface area contributed by atoms with Crippen LogP contribution in [-0.2, 0) is 4.79 Å². The maximum Gasteiger partial charge on any atom is 0.230 e. The summed E-state index contributed by atoms with van der Waals surface area (Å²) in [4.78, 5) is 13.7. The number of rotatable bonds is 2. The quantitative estimate of drug-likeness (QED) is 0.731. The van der Waals surface area contributed by atoms with E-state index in [1.165, 1.54) is 0 Å². The molecule has 0 N–H and O–H groups in total. The van der Waals surface area contributed by atoms with Crippen molar-refractivity contribution in [3.8, 4) is 5.75 Å². The number of anilines is 1. The molecular weight excluding hydrogens is 190 g/mol. The van der Waals surface area contributed by atoms with Gasteiger partial charge in [-0.05, 0) is 24.5 Å². The van der Waals surface area contributed by atoms with Gasteiger partial charge in [0.2, 0.25) is 5.91 Å². The van der Waals surface area contributed by atoms with Crippen LogP contribution in [0.5, 0.6) is 5.75 Å². The van der Waals surface area contributed by atoms with Crippen LogP contribution in [0, 0.1) is 11.8 Å². The van der Waals surface area contributed by atoms with E-state index in [-0.39, 0.29) is 5.91 Å². The molecule has 2 atom stereocenters. The van der Waals surface area contributed by atoms with Crippen LogP contribution < -0.4 is 9.64 Å². The topological polar surface area (TPSA) is 29.5 Å². The minimum atomic E-state index is 0.268. The molecule has 1 saturated heterocycles. The Labute approximate surface area is 88.6 Å². The Bertz CT molecular complexity index is 416. The predicted octanol–water partition coefficient (Wildman–Crippen LogP) is 1.68. The lowest BCUT2D eigenvalue weighted by molar-refractivity contribution is -0.118. The van der Waals surface area contributed by atoms with Crippen LogP contribution in [0.3, 0.4) is 0 Å². The van der Waals surface area contributed by atoms with E-state index in [9.17, 15) is 4.79 Å². The number of ether oxygens (including phenoxy) is 1. The average Bonchev–Trinajstić information content (AvgIpc) is 2.98. The molecule has 78 valence electrons. The van der Waals surface area contributed by atoms with Gasteiger partial charge >= 0.3 is 0 Å². The van der Waals surface area contributed by atoms with Crippen LogP contribution in [0.15, 0.2) is 24.3 Å². The molecule has 3 nitrogen and oxygen atoms in total. The van der Waals surface area contributed by atoms with Gasteiger partial charge in [0.05, 0.1) is 12.8 Å². The summed E-state index contributed by atoms with van der Waals surface area (Å²) in [7, 11) is 1.64. The Hall–Kier alpha value is -1.51. The van der Waals surface area contributed by atoms with Gasteiger partial charge in [0, 0.05) is 12.5 Å². The minimum absolute atomic E-state index is 0.268. The van der Waals surface area contributed by atoms with E-state index in [2.05, 4.69) is 0 Å². The van der Waals surface area contributed by atoms with Gasteiger partial charge in [0.1, 0.15) is 5.75 Å². The Morgan fingerprint density at radius 3 is 2.87 bits per heavy atom. The van der Waals surface area contributed by atoms with Gasteiger partial charge in [0.15, 0.2) is 0 Å². The highest BCUT2D eigenvalue weighted by atomic mass is 16.5. The van der Waals surface area contributed by atoms with E-state index >= 15 is 0 Å². The van der Waals surface area contributed by atoms with Gasteiger partial charge in [0.25, 0.3) is 0 Å². The first-order valence-electron chi connectivity index (χ1n) is 5.25. The van der Waals surface area contributed by atoms with Crippen molar-refractivity contribution < 1.29 is 9.53 Å². The number of carbonyl (C=O) groups is 1. The third-order valence-electron chi connectivity index (χ3n) is 3.30. The zero-order chi connectivity index (χ0) is 10.4. The lowest BCUT2D eigenvalue weighted by Crippen LogP contribution is -2.28. The zero-order valence-corrected chi connectivity index (χ0v) is 8.64. The van der Waals surface area contributed by atoms with E-state index in [0.717, 1.165) is 24.4 Å². The van der Waals surface area contributed by atoms with Gasteiger partial charge in [-0.15, -0.1) is 0 Å². The van der Waals surface area contributed by atoms with Gasteiger partial charge < -0.3 is 9.64 Å². The molecule has 1 saturated carbocycles. The smallest absolute Gasteiger partial charge is 0.230 e. The fourth-order valence-electron chi connectivity index (χ4n) is 2.35. The fraction of sp³-hybridized carbons (Fsp3) is 0.417. The molecule has 1 heterocycles. The highest BCUT2D eigenvalue weighted by Gasteiger charge is 2.52. The van der Waals surface area contributed by atoms with Crippen molar-refractivity contribution >= 4 is 11.6 Å². The number of hydrogen-bond donors (Lipinski definition) is 0. The Balaban J connectivity index is 1.95. The number of para-hydroxylation sites is 2. The zero-order valence-electron chi connectivity index (χ0n) is 8.64. The van der Waals surface area contributed by atoms with Crippen molar-refractivity contribution in [3.05, 3.63) is 24.3 Å². The highest BCUT2D eigenvalue weighted by Crippen LogP contribution is 2.48. The molecule has 2 fully saturated rings. The molecule has 1 aliphatic heterocycles. The molecule has 1 aromatic rings. The van der Waals surface area contributed by atoms with Crippen LogP contribution in [-0.4, -0.2) is 19.6 Å². The van der Waals surface area contributed by atoms with Crippen molar-refractivity contribution in [2.24, 2.45) is 11.8 Å². The molecule has 15 heavy (non-hydrogen) atoms. The third kappa shape index (κ3) is 1.23. The first kappa shape index (κ1) is 8.77. The molecule has 3 heteroatoms. The summed E-state index contributed by atoms with van der Waals surface area (Å²) in [5.74, 6) is 1.95. The number of carbonyl (C=O) groups excluding carboxylic acids is 1. The number of methoxy groups -OCH3 is 1. The van der Waals surface area contributed by atoms with Crippen molar-refractivity contribution in [2.45, 2.75) is 6.42 Å². The molecule has 0 aromatic heterocycles. The number of nitrogens with zero attached hydrogens (tertiary/aromatic N) is 1. The van der Waals surface area contributed by atoms with Gasteiger partial charge in [-0.2, -0.15) is 0 Å². The van der Waals surface area contributed by atoms with Crippen molar-refractivity contribution in [3.63, 3.8) is 0 Å². The summed E-state index contributed by atoms with van der Waals surface area (Å²) in [5, 5.41) is 0. The summed E-state index contributed by atoms with van der Waals surface area (Å²) in [6.07, 6.45) is 1.09. The fourth-order valence-corrected chi connectivity index (χ4v) is 2.35. The number of fused-ring (bicyclic) bond motifs is 1. The standard InChI is InChI=1S/C12H13NO2/c1-15-11-5-3-2-4-10(11)13-7-8-6-9(8)12(13)14/h2-5,8-9H,6-7H2,1H3. The second kappa shape index (κ2) is 2.99. The maximum absolute atomic E-state index is 11.9. The second-order valence-corrected chi connectivity index (χ2v) is 4.22. The highest BCUT2D eigenvalue weighted by molar-refractivity contribution is 6.00. The summed E-state index contributed by atoms with van der Waals surface area (Å²) >= 11 is 0. The van der Waals surface area contributed by atoms with Crippen molar-refractivity contribution in [2.75, 3.05) is 18.6 Å². The molecule has 0 radical (unpaired) electrons. The summed E-state index contributed by atoms with van der Waals surface area (Å²) in [5.41, 5.74) is 0.914. The van der Waals surface area contributed by atoms with Crippen LogP contribution in [0.1, 0.15) is 6.42 Å². The monoisotopic (exact) mass is 203 g/mol. The van der Waals surface area contributed by atoms with Gasteiger partial charge in [-0.25, -0.2) is 0 Å². The molecule has 1 aromatic carbocycles. The van der Waals surface area contributed by atoms with Crippen molar-refractivity contribution in [1.82, 2.24) is 0 Å². The van der Waals surface area contributed by atoms with Gasteiger partial charge in [-0.3, -0.25) is 4.79 Å². The largest absolute Gasteiger partial charge is 0.495 e. The molecule has 3 rings (SSSR count). The number of hydrogen-bond acceptors (Lipinski definition) is 2. The van der Waals surface area contributed by atoms with E-state index in [1.54, 1.807) is 7.11 Å². The van der Waals surface area contributed by atoms with E-state index in [1.807, 2.05) is 29.2 Å². The molecule has 1 amide bonds. The minimum Gasteiger partial charge on any atom is -0.495 e. The average molecular weight is 203 g/mol. The Morgan fingerprint density at radius 2 is 2.20 bits per heavy atom. The van der Waals surface area contributed by atoms with E-state index in [0.29, 0.717) is 11.8 Å². The summed E-state index contributed by atoms with van der Waals surface area (Å²) in [6.45, 7) is 0.865. The first-order valence-corrected chi connectivity index (χ1v) is 5.25. The molecule has 0 bridgehead atoms. The lowest BCUT2D eigenvalue weighted by atomic mass is 10.2. The van der Waals surface area contributed by atoms with Gasteiger partial charge in [-0.1, -0.05) is 12.1 Å². The SMILES string of the molecule is COc1ccccc1N1CC2CC2C1=O.